The van der Waals surface area contributed by atoms with Gasteiger partial charge in [0.25, 0.3) is 0 Å². The van der Waals surface area contributed by atoms with E-state index in [9.17, 15) is 4.39 Å². The molecule has 3 rings (SSSR count). The van der Waals surface area contributed by atoms with Gasteiger partial charge in [0, 0.05) is 25.2 Å². The van der Waals surface area contributed by atoms with Gasteiger partial charge in [-0.15, -0.1) is 0 Å². The van der Waals surface area contributed by atoms with Gasteiger partial charge in [-0.3, -0.25) is 9.80 Å². The van der Waals surface area contributed by atoms with E-state index in [1.165, 1.54) is 44.5 Å². The summed E-state index contributed by atoms with van der Waals surface area (Å²) in [5.74, 6) is 0.390. The first-order valence-corrected chi connectivity index (χ1v) is 7.66. The van der Waals surface area contributed by atoms with Crippen LogP contribution in [0, 0.1) is 5.82 Å². The second kappa shape index (κ2) is 6.55. The van der Waals surface area contributed by atoms with Crippen molar-refractivity contribution in [2.45, 2.75) is 25.3 Å². The number of hydrogen-bond donors (Lipinski definition) is 0. The summed E-state index contributed by atoms with van der Waals surface area (Å²) in [4.78, 5) is 5.13. The van der Waals surface area contributed by atoms with Crippen molar-refractivity contribution in [3.8, 4) is 5.75 Å². The Morgan fingerprint density at radius 3 is 3.00 bits per heavy atom. The summed E-state index contributed by atoms with van der Waals surface area (Å²) in [6.45, 7) is 6.40. The van der Waals surface area contributed by atoms with Crippen molar-refractivity contribution in [3.05, 3.63) is 30.1 Å². The molecule has 2 saturated heterocycles. The minimum atomic E-state index is -0.237. The molecule has 0 spiro atoms. The molecule has 3 nitrogen and oxygen atoms in total. The largest absolute Gasteiger partial charge is 0.492 e. The second-order valence-corrected chi connectivity index (χ2v) is 5.79. The summed E-state index contributed by atoms with van der Waals surface area (Å²) in [6, 6.07) is 7.13. The molecule has 0 radical (unpaired) electrons. The predicted molar refractivity (Wildman–Crippen MR) is 77.5 cm³/mol. The van der Waals surface area contributed by atoms with Crippen LogP contribution >= 0.6 is 0 Å². The highest BCUT2D eigenvalue weighted by Crippen LogP contribution is 2.21. The maximum Gasteiger partial charge on any atom is 0.126 e. The summed E-state index contributed by atoms with van der Waals surface area (Å²) in [7, 11) is 0. The zero-order valence-corrected chi connectivity index (χ0v) is 11.9. The molecule has 0 amide bonds. The van der Waals surface area contributed by atoms with E-state index in [0.717, 1.165) is 25.7 Å². The third-order valence-corrected chi connectivity index (χ3v) is 4.36. The summed E-state index contributed by atoms with van der Waals surface area (Å²) in [6.07, 6.45) is 3.93. The minimum absolute atomic E-state index is 0.237. The van der Waals surface area contributed by atoms with Crippen molar-refractivity contribution in [3.63, 3.8) is 0 Å². The molecule has 0 aromatic heterocycles. The smallest absolute Gasteiger partial charge is 0.126 e. The van der Waals surface area contributed by atoms with Gasteiger partial charge >= 0.3 is 0 Å². The van der Waals surface area contributed by atoms with Gasteiger partial charge in [0.2, 0.25) is 0 Å². The van der Waals surface area contributed by atoms with Crippen LogP contribution in [0.5, 0.6) is 5.75 Å². The molecule has 4 heteroatoms. The first-order chi connectivity index (χ1) is 9.81. The summed E-state index contributed by atoms with van der Waals surface area (Å²) >= 11 is 0. The standard InChI is InChI=1S/C16H23FN2O/c17-14-4-1-6-16(12-14)20-11-10-18-7-3-9-19-8-2-5-15(19)13-18/h1,4,6,12,15H,2-3,5,7-11,13H2/t15-/m0/s1. The van der Waals surface area contributed by atoms with Gasteiger partial charge in [-0.25, -0.2) is 4.39 Å². The van der Waals surface area contributed by atoms with Crippen LogP contribution in [0.3, 0.4) is 0 Å². The molecule has 0 unspecified atom stereocenters. The zero-order valence-electron chi connectivity index (χ0n) is 11.9. The van der Waals surface area contributed by atoms with Gasteiger partial charge in [-0.2, -0.15) is 0 Å². The van der Waals surface area contributed by atoms with E-state index in [1.807, 2.05) is 6.07 Å². The molecule has 2 heterocycles. The van der Waals surface area contributed by atoms with Crippen molar-refractivity contribution in [1.82, 2.24) is 9.80 Å². The molecular weight excluding hydrogens is 255 g/mol. The van der Waals surface area contributed by atoms with E-state index in [2.05, 4.69) is 9.80 Å². The Balaban J connectivity index is 1.46. The van der Waals surface area contributed by atoms with Gasteiger partial charge in [0.1, 0.15) is 18.2 Å². The van der Waals surface area contributed by atoms with Crippen LogP contribution in [0.15, 0.2) is 24.3 Å². The van der Waals surface area contributed by atoms with Gasteiger partial charge in [0.05, 0.1) is 0 Å². The molecule has 1 atom stereocenters. The maximum absolute atomic E-state index is 13.1. The lowest BCUT2D eigenvalue weighted by molar-refractivity contribution is 0.188. The van der Waals surface area contributed by atoms with Gasteiger partial charge in [-0.1, -0.05) is 6.07 Å². The van der Waals surface area contributed by atoms with Crippen molar-refractivity contribution in [2.24, 2.45) is 0 Å². The molecule has 1 aromatic rings. The van der Waals surface area contributed by atoms with E-state index in [1.54, 1.807) is 6.07 Å². The number of benzene rings is 1. The Morgan fingerprint density at radius 2 is 2.10 bits per heavy atom. The van der Waals surface area contributed by atoms with Crippen LogP contribution in [0.2, 0.25) is 0 Å². The highest BCUT2D eigenvalue weighted by molar-refractivity contribution is 5.22. The average Bonchev–Trinajstić information content (AvgIpc) is 2.78. The fourth-order valence-electron chi connectivity index (χ4n) is 3.34. The number of rotatable bonds is 4. The molecule has 0 aliphatic carbocycles. The Bertz CT molecular complexity index is 440. The first-order valence-electron chi connectivity index (χ1n) is 7.66. The lowest BCUT2D eigenvalue weighted by Crippen LogP contribution is -2.38. The number of nitrogens with zero attached hydrogens (tertiary/aromatic N) is 2. The van der Waals surface area contributed by atoms with Crippen molar-refractivity contribution in [1.29, 1.82) is 0 Å². The Morgan fingerprint density at radius 1 is 1.20 bits per heavy atom. The molecule has 2 aliphatic rings. The van der Waals surface area contributed by atoms with E-state index in [-0.39, 0.29) is 5.82 Å². The van der Waals surface area contributed by atoms with Gasteiger partial charge < -0.3 is 4.74 Å². The van der Waals surface area contributed by atoms with E-state index >= 15 is 0 Å². The molecule has 2 fully saturated rings. The third kappa shape index (κ3) is 3.49. The maximum atomic E-state index is 13.1. The second-order valence-electron chi connectivity index (χ2n) is 5.79. The van der Waals surface area contributed by atoms with Crippen molar-refractivity contribution < 1.29 is 9.13 Å². The normalized spacial score (nSPS) is 24.4. The average molecular weight is 278 g/mol. The summed E-state index contributed by atoms with van der Waals surface area (Å²) in [5.41, 5.74) is 0. The highest BCUT2D eigenvalue weighted by atomic mass is 19.1. The SMILES string of the molecule is Fc1cccc(OCCN2CCCN3CCC[C@H]3C2)c1. The van der Waals surface area contributed by atoms with Crippen LogP contribution in [-0.2, 0) is 0 Å². The topological polar surface area (TPSA) is 15.7 Å². The highest BCUT2D eigenvalue weighted by Gasteiger charge is 2.28. The van der Waals surface area contributed by atoms with Crippen molar-refractivity contribution in [2.75, 3.05) is 39.3 Å². The van der Waals surface area contributed by atoms with Gasteiger partial charge in [0.15, 0.2) is 0 Å². The summed E-state index contributed by atoms with van der Waals surface area (Å²) in [5, 5.41) is 0. The number of fused-ring (bicyclic) bond motifs is 1. The number of ether oxygens (including phenoxy) is 1. The first kappa shape index (κ1) is 13.8. The molecule has 2 aliphatic heterocycles. The van der Waals surface area contributed by atoms with Crippen LogP contribution in [-0.4, -0.2) is 55.2 Å². The van der Waals surface area contributed by atoms with Crippen LogP contribution in [0.1, 0.15) is 19.3 Å². The number of hydrogen-bond acceptors (Lipinski definition) is 3. The minimum Gasteiger partial charge on any atom is -0.492 e. The molecule has 20 heavy (non-hydrogen) atoms. The monoisotopic (exact) mass is 278 g/mol. The summed E-state index contributed by atoms with van der Waals surface area (Å²) < 4.78 is 18.7. The molecule has 0 N–H and O–H groups in total. The lowest BCUT2D eigenvalue weighted by atomic mass is 10.2. The fourth-order valence-corrected chi connectivity index (χ4v) is 3.34. The quantitative estimate of drug-likeness (QED) is 0.841. The Labute approximate surface area is 120 Å². The Hall–Kier alpha value is -1.13. The van der Waals surface area contributed by atoms with Gasteiger partial charge in [-0.05, 0) is 51.0 Å². The predicted octanol–water partition coefficient (Wildman–Crippen LogP) is 2.37. The lowest BCUT2D eigenvalue weighted by Gasteiger charge is -2.25. The van der Waals surface area contributed by atoms with E-state index in [0.29, 0.717) is 12.4 Å². The van der Waals surface area contributed by atoms with Crippen LogP contribution in [0.25, 0.3) is 0 Å². The Kier molecular flexibility index (Phi) is 4.53. The van der Waals surface area contributed by atoms with Crippen molar-refractivity contribution >= 4 is 0 Å². The third-order valence-electron chi connectivity index (χ3n) is 4.36. The molecular formula is C16H23FN2O. The zero-order chi connectivity index (χ0) is 13.8. The number of halogens is 1. The molecule has 1 aromatic carbocycles. The van der Waals surface area contributed by atoms with Crippen LogP contribution in [0.4, 0.5) is 4.39 Å². The molecule has 0 saturated carbocycles. The van der Waals surface area contributed by atoms with Crippen LogP contribution < -0.4 is 4.74 Å². The molecule has 0 bridgehead atoms. The fraction of sp³-hybridized carbons (Fsp3) is 0.625. The van der Waals surface area contributed by atoms with E-state index in [4.69, 9.17) is 4.74 Å². The molecule has 110 valence electrons. The van der Waals surface area contributed by atoms with E-state index < -0.39 is 0 Å².